The Labute approximate surface area is 101 Å². The summed E-state index contributed by atoms with van der Waals surface area (Å²) in [5, 5.41) is 8.72. The zero-order valence-electron chi connectivity index (χ0n) is 10.8. The predicted molar refractivity (Wildman–Crippen MR) is 66.5 cm³/mol. The highest BCUT2D eigenvalue weighted by Crippen LogP contribution is 2.16. The molecule has 2 aromatic rings. The second-order valence-corrected chi connectivity index (χ2v) is 4.55. The quantitative estimate of drug-likeness (QED) is 0.860. The first kappa shape index (κ1) is 11.9. The molecular formula is C12H19N5. The maximum absolute atomic E-state index is 6.17. The molecule has 5 nitrogen and oxygen atoms in total. The van der Waals surface area contributed by atoms with Gasteiger partial charge in [0.15, 0.2) is 0 Å². The van der Waals surface area contributed by atoms with Gasteiger partial charge in [-0.1, -0.05) is 0 Å². The van der Waals surface area contributed by atoms with Crippen LogP contribution in [0.5, 0.6) is 0 Å². The van der Waals surface area contributed by atoms with Crippen LogP contribution in [0.25, 0.3) is 0 Å². The van der Waals surface area contributed by atoms with Gasteiger partial charge in [-0.05, 0) is 26.0 Å². The second-order valence-electron chi connectivity index (χ2n) is 4.55. The smallest absolute Gasteiger partial charge is 0.0798 e. The Morgan fingerprint density at radius 2 is 1.88 bits per heavy atom. The van der Waals surface area contributed by atoms with Crippen LogP contribution in [0, 0.1) is 13.8 Å². The van der Waals surface area contributed by atoms with Gasteiger partial charge < -0.3 is 5.73 Å². The van der Waals surface area contributed by atoms with Crippen LogP contribution >= 0.6 is 0 Å². The number of aromatic nitrogens is 4. The first-order chi connectivity index (χ1) is 7.97. The number of hydrogen-bond donors (Lipinski definition) is 1. The Bertz CT molecular complexity index is 503. The molecule has 92 valence electrons. The van der Waals surface area contributed by atoms with E-state index in [9.17, 15) is 0 Å². The van der Waals surface area contributed by atoms with Crippen molar-refractivity contribution in [2.45, 2.75) is 26.3 Å². The molecule has 1 unspecified atom stereocenters. The minimum Gasteiger partial charge on any atom is -0.322 e. The van der Waals surface area contributed by atoms with Crippen molar-refractivity contribution < 1.29 is 0 Å². The van der Waals surface area contributed by atoms with E-state index < -0.39 is 0 Å². The minimum absolute atomic E-state index is 0.0790. The molecule has 0 aliphatic heterocycles. The van der Waals surface area contributed by atoms with Crippen LogP contribution in [-0.2, 0) is 20.5 Å². The van der Waals surface area contributed by atoms with Crippen molar-refractivity contribution in [2.24, 2.45) is 19.8 Å². The summed E-state index contributed by atoms with van der Waals surface area (Å²) in [6, 6.07) is 4.02. The lowest BCUT2D eigenvalue weighted by atomic mass is 10.1. The van der Waals surface area contributed by atoms with Crippen LogP contribution < -0.4 is 5.73 Å². The molecule has 17 heavy (non-hydrogen) atoms. The molecule has 0 radical (unpaired) electrons. The molecule has 0 bridgehead atoms. The number of nitrogens with two attached hydrogens (primary N) is 1. The summed E-state index contributed by atoms with van der Waals surface area (Å²) < 4.78 is 3.73. The standard InChI is InChI=1S/C12H19N5/c1-8-5-10(17(4)14-8)7-11(13)12-6-9(2)16(3)15-12/h5-6,11H,7,13H2,1-4H3. The SMILES string of the molecule is Cc1cc(CC(N)c2cc(C)n(C)n2)n(C)n1. The second kappa shape index (κ2) is 4.33. The predicted octanol–water partition coefficient (Wildman–Crippen LogP) is 1.01. The molecular weight excluding hydrogens is 214 g/mol. The van der Waals surface area contributed by atoms with Gasteiger partial charge in [0.1, 0.15) is 0 Å². The van der Waals surface area contributed by atoms with Gasteiger partial charge in [0.25, 0.3) is 0 Å². The van der Waals surface area contributed by atoms with Crippen LogP contribution in [0.4, 0.5) is 0 Å². The summed E-state index contributed by atoms with van der Waals surface area (Å²) in [5.74, 6) is 0. The van der Waals surface area contributed by atoms with Crippen molar-refractivity contribution >= 4 is 0 Å². The fourth-order valence-electron chi connectivity index (χ4n) is 1.95. The Morgan fingerprint density at radius 3 is 2.35 bits per heavy atom. The Balaban J connectivity index is 2.16. The highest BCUT2D eigenvalue weighted by atomic mass is 15.3. The molecule has 0 saturated heterocycles. The zero-order valence-corrected chi connectivity index (χ0v) is 10.8. The molecule has 0 aliphatic rings. The summed E-state index contributed by atoms with van der Waals surface area (Å²) in [7, 11) is 3.87. The van der Waals surface area contributed by atoms with Crippen molar-refractivity contribution in [2.75, 3.05) is 0 Å². The maximum atomic E-state index is 6.17. The summed E-state index contributed by atoms with van der Waals surface area (Å²) in [6.07, 6.45) is 0.758. The summed E-state index contributed by atoms with van der Waals surface area (Å²) in [5.41, 5.74) is 10.4. The number of hydrogen-bond acceptors (Lipinski definition) is 3. The molecule has 2 N–H and O–H groups in total. The highest BCUT2D eigenvalue weighted by Gasteiger charge is 2.14. The third-order valence-electron chi connectivity index (χ3n) is 3.04. The normalized spacial score (nSPS) is 13.0. The van der Waals surface area contributed by atoms with E-state index in [1.165, 1.54) is 0 Å². The lowest BCUT2D eigenvalue weighted by Crippen LogP contribution is -2.16. The third-order valence-corrected chi connectivity index (χ3v) is 3.04. The fraction of sp³-hybridized carbons (Fsp3) is 0.500. The van der Waals surface area contributed by atoms with Crippen molar-refractivity contribution in [3.8, 4) is 0 Å². The monoisotopic (exact) mass is 233 g/mol. The first-order valence-corrected chi connectivity index (χ1v) is 5.73. The molecule has 2 heterocycles. The lowest BCUT2D eigenvalue weighted by Gasteiger charge is -2.08. The average Bonchev–Trinajstić information content (AvgIpc) is 2.72. The highest BCUT2D eigenvalue weighted by molar-refractivity contribution is 5.17. The Morgan fingerprint density at radius 1 is 1.18 bits per heavy atom. The third kappa shape index (κ3) is 2.39. The van der Waals surface area contributed by atoms with Gasteiger partial charge in [-0.2, -0.15) is 10.2 Å². The molecule has 0 fully saturated rings. The average molecular weight is 233 g/mol. The van der Waals surface area contributed by atoms with Gasteiger partial charge in [0, 0.05) is 31.9 Å². The van der Waals surface area contributed by atoms with E-state index in [0.717, 1.165) is 29.2 Å². The number of rotatable bonds is 3. The first-order valence-electron chi connectivity index (χ1n) is 5.73. The van der Waals surface area contributed by atoms with E-state index in [1.807, 2.05) is 43.4 Å². The summed E-state index contributed by atoms with van der Waals surface area (Å²) >= 11 is 0. The van der Waals surface area contributed by atoms with Gasteiger partial charge in [0.05, 0.1) is 17.4 Å². The van der Waals surface area contributed by atoms with Crippen molar-refractivity contribution in [1.29, 1.82) is 0 Å². The van der Waals surface area contributed by atoms with Crippen LogP contribution in [0.1, 0.15) is 28.8 Å². The van der Waals surface area contributed by atoms with Gasteiger partial charge in [-0.25, -0.2) is 0 Å². The molecule has 0 saturated carbocycles. The molecule has 1 atom stereocenters. The van der Waals surface area contributed by atoms with E-state index in [0.29, 0.717) is 0 Å². The molecule has 0 aliphatic carbocycles. The van der Waals surface area contributed by atoms with Crippen molar-refractivity contribution in [1.82, 2.24) is 19.6 Å². The molecule has 2 aromatic heterocycles. The van der Waals surface area contributed by atoms with E-state index in [1.54, 1.807) is 0 Å². The van der Waals surface area contributed by atoms with Crippen LogP contribution in [0.15, 0.2) is 12.1 Å². The van der Waals surface area contributed by atoms with Gasteiger partial charge in [-0.15, -0.1) is 0 Å². The van der Waals surface area contributed by atoms with Gasteiger partial charge in [0.2, 0.25) is 0 Å². The Hall–Kier alpha value is -1.62. The molecule has 5 heteroatoms. The van der Waals surface area contributed by atoms with E-state index in [-0.39, 0.29) is 6.04 Å². The largest absolute Gasteiger partial charge is 0.322 e. The summed E-state index contributed by atoms with van der Waals surface area (Å²) in [6.45, 7) is 4.01. The number of nitrogens with zero attached hydrogens (tertiary/aromatic N) is 4. The topological polar surface area (TPSA) is 61.7 Å². The van der Waals surface area contributed by atoms with E-state index >= 15 is 0 Å². The van der Waals surface area contributed by atoms with Gasteiger partial charge >= 0.3 is 0 Å². The fourth-order valence-corrected chi connectivity index (χ4v) is 1.95. The summed E-state index contributed by atoms with van der Waals surface area (Å²) in [4.78, 5) is 0. The molecule has 0 amide bonds. The zero-order chi connectivity index (χ0) is 12.6. The van der Waals surface area contributed by atoms with Crippen molar-refractivity contribution in [3.63, 3.8) is 0 Å². The van der Waals surface area contributed by atoms with Crippen LogP contribution in [0.2, 0.25) is 0 Å². The molecule has 0 spiro atoms. The van der Waals surface area contributed by atoms with Crippen LogP contribution in [0.3, 0.4) is 0 Å². The minimum atomic E-state index is -0.0790. The van der Waals surface area contributed by atoms with Gasteiger partial charge in [-0.3, -0.25) is 9.36 Å². The van der Waals surface area contributed by atoms with E-state index in [2.05, 4.69) is 16.3 Å². The molecule has 0 aromatic carbocycles. The van der Waals surface area contributed by atoms with Crippen LogP contribution in [-0.4, -0.2) is 19.6 Å². The molecule has 2 rings (SSSR count). The van der Waals surface area contributed by atoms with E-state index in [4.69, 9.17) is 5.73 Å². The lowest BCUT2D eigenvalue weighted by molar-refractivity contribution is 0.613. The maximum Gasteiger partial charge on any atom is 0.0798 e. The Kier molecular flexibility index (Phi) is 3.02. The van der Waals surface area contributed by atoms with Crippen molar-refractivity contribution in [3.05, 3.63) is 34.9 Å². The number of aryl methyl sites for hydroxylation is 4.